The van der Waals surface area contributed by atoms with E-state index < -0.39 is 0 Å². The molecule has 0 saturated heterocycles. The van der Waals surface area contributed by atoms with Gasteiger partial charge in [-0.25, -0.2) is 0 Å². The standard InChI is InChI=1S/C26H28O/c1-4-26(2,3)25-15-13-23(14-16-25)18-21-7-5-20(6-8-21)17-22-9-11-24(19-27)12-10-22/h5-16,19H,4,17-18H2,1-3H3. The number of carbonyl (C=O) groups excluding carboxylic acids is 1. The number of aldehydes is 1. The van der Waals surface area contributed by atoms with E-state index in [0.717, 1.165) is 31.1 Å². The zero-order chi connectivity index (χ0) is 19.3. The van der Waals surface area contributed by atoms with E-state index in [2.05, 4.69) is 69.3 Å². The highest BCUT2D eigenvalue weighted by molar-refractivity contribution is 5.74. The summed E-state index contributed by atoms with van der Waals surface area (Å²) in [5.41, 5.74) is 7.57. The maximum absolute atomic E-state index is 10.7. The van der Waals surface area contributed by atoms with Crippen molar-refractivity contribution in [2.45, 2.75) is 45.4 Å². The van der Waals surface area contributed by atoms with Gasteiger partial charge in [0.05, 0.1) is 0 Å². The summed E-state index contributed by atoms with van der Waals surface area (Å²) in [6, 6.07) is 25.7. The first kappa shape index (κ1) is 19.1. The average Bonchev–Trinajstić information content (AvgIpc) is 2.70. The van der Waals surface area contributed by atoms with Crippen LogP contribution in [0.3, 0.4) is 0 Å². The smallest absolute Gasteiger partial charge is 0.150 e. The average molecular weight is 357 g/mol. The molecule has 0 aromatic heterocycles. The minimum Gasteiger partial charge on any atom is -0.298 e. The quantitative estimate of drug-likeness (QED) is 0.450. The van der Waals surface area contributed by atoms with Crippen molar-refractivity contribution in [3.63, 3.8) is 0 Å². The molecule has 0 heterocycles. The lowest BCUT2D eigenvalue weighted by Gasteiger charge is -2.23. The first-order valence-electron chi connectivity index (χ1n) is 9.71. The Hall–Kier alpha value is -2.67. The summed E-state index contributed by atoms with van der Waals surface area (Å²) in [6.07, 6.45) is 3.88. The molecule has 3 rings (SSSR count). The fraction of sp³-hybridized carbons (Fsp3) is 0.269. The van der Waals surface area contributed by atoms with Crippen molar-refractivity contribution >= 4 is 6.29 Å². The summed E-state index contributed by atoms with van der Waals surface area (Å²) in [6.45, 7) is 6.84. The second-order valence-corrected chi connectivity index (χ2v) is 7.96. The molecule has 1 nitrogen and oxygen atoms in total. The maximum Gasteiger partial charge on any atom is 0.150 e. The molecule has 3 aromatic carbocycles. The van der Waals surface area contributed by atoms with Crippen molar-refractivity contribution in [2.75, 3.05) is 0 Å². The maximum atomic E-state index is 10.7. The number of hydrogen-bond donors (Lipinski definition) is 0. The van der Waals surface area contributed by atoms with Gasteiger partial charge in [0.15, 0.2) is 0 Å². The molecule has 0 unspecified atom stereocenters. The number of hydrogen-bond acceptors (Lipinski definition) is 1. The Morgan fingerprint density at radius 1 is 0.667 bits per heavy atom. The summed E-state index contributed by atoms with van der Waals surface area (Å²) < 4.78 is 0. The molecule has 0 aliphatic rings. The number of benzene rings is 3. The summed E-state index contributed by atoms with van der Waals surface area (Å²) in [7, 11) is 0. The monoisotopic (exact) mass is 356 g/mol. The van der Waals surface area contributed by atoms with Gasteiger partial charge in [-0.05, 0) is 52.5 Å². The van der Waals surface area contributed by atoms with Gasteiger partial charge in [-0.2, -0.15) is 0 Å². The molecule has 0 saturated carbocycles. The molecule has 0 spiro atoms. The van der Waals surface area contributed by atoms with Gasteiger partial charge in [-0.15, -0.1) is 0 Å². The van der Waals surface area contributed by atoms with Crippen molar-refractivity contribution in [3.8, 4) is 0 Å². The molecule has 138 valence electrons. The van der Waals surface area contributed by atoms with E-state index in [1.807, 2.05) is 24.3 Å². The normalized spacial score (nSPS) is 11.4. The second kappa shape index (κ2) is 8.35. The SMILES string of the molecule is CCC(C)(C)c1ccc(Cc2ccc(Cc3ccc(C=O)cc3)cc2)cc1. The third-order valence-electron chi connectivity index (χ3n) is 5.57. The fourth-order valence-electron chi connectivity index (χ4n) is 3.24. The predicted octanol–water partition coefficient (Wildman–Crippen LogP) is 6.37. The van der Waals surface area contributed by atoms with Crippen LogP contribution in [0.2, 0.25) is 0 Å². The van der Waals surface area contributed by atoms with E-state index in [9.17, 15) is 4.79 Å². The van der Waals surface area contributed by atoms with Crippen LogP contribution in [0.15, 0.2) is 72.8 Å². The van der Waals surface area contributed by atoms with E-state index in [0.29, 0.717) is 0 Å². The van der Waals surface area contributed by atoms with Crippen LogP contribution in [0, 0.1) is 0 Å². The van der Waals surface area contributed by atoms with Crippen molar-refractivity contribution in [2.24, 2.45) is 0 Å². The third kappa shape index (κ3) is 4.95. The summed E-state index contributed by atoms with van der Waals surface area (Å²) in [5.74, 6) is 0. The summed E-state index contributed by atoms with van der Waals surface area (Å²) >= 11 is 0. The highest BCUT2D eigenvalue weighted by Gasteiger charge is 2.17. The number of carbonyl (C=O) groups is 1. The number of rotatable bonds is 7. The fourth-order valence-corrected chi connectivity index (χ4v) is 3.24. The zero-order valence-corrected chi connectivity index (χ0v) is 16.5. The van der Waals surface area contributed by atoms with Crippen molar-refractivity contribution < 1.29 is 4.79 Å². The minimum absolute atomic E-state index is 0.240. The molecule has 0 aliphatic heterocycles. The third-order valence-corrected chi connectivity index (χ3v) is 5.57. The van der Waals surface area contributed by atoms with E-state index in [4.69, 9.17) is 0 Å². The van der Waals surface area contributed by atoms with Gasteiger partial charge < -0.3 is 0 Å². The molecule has 0 bridgehead atoms. The van der Waals surface area contributed by atoms with Gasteiger partial charge >= 0.3 is 0 Å². The van der Waals surface area contributed by atoms with Crippen LogP contribution in [0.1, 0.15) is 65.4 Å². The summed E-state index contributed by atoms with van der Waals surface area (Å²) in [4.78, 5) is 10.7. The van der Waals surface area contributed by atoms with Gasteiger partial charge in [-0.1, -0.05) is 93.6 Å². The van der Waals surface area contributed by atoms with Crippen LogP contribution >= 0.6 is 0 Å². The Kier molecular flexibility index (Phi) is 5.91. The predicted molar refractivity (Wildman–Crippen MR) is 114 cm³/mol. The second-order valence-electron chi connectivity index (χ2n) is 7.96. The van der Waals surface area contributed by atoms with Gasteiger partial charge in [0, 0.05) is 5.56 Å². The van der Waals surface area contributed by atoms with Crippen molar-refractivity contribution in [1.82, 2.24) is 0 Å². The molecule has 27 heavy (non-hydrogen) atoms. The Bertz CT molecular complexity index is 869. The highest BCUT2D eigenvalue weighted by atomic mass is 16.1. The first-order chi connectivity index (χ1) is 13.0. The van der Waals surface area contributed by atoms with Crippen LogP contribution in [0.5, 0.6) is 0 Å². The molecule has 0 aliphatic carbocycles. The molecule has 1 heteroatoms. The van der Waals surface area contributed by atoms with Crippen LogP contribution in [0.4, 0.5) is 0 Å². The van der Waals surface area contributed by atoms with E-state index in [-0.39, 0.29) is 5.41 Å². The Morgan fingerprint density at radius 2 is 1.04 bits per heavy atom. The van der Waals surface area contributed by atoms with Crippen molar-refractivity contribution in [1.29, 1.82) is 0 Å². The molecule has 0 radical (unpaired) electrons. The van der Waals surface area contributed by atoms with Gasteiger partial charge in [-0.3, -0.25) is 4.79 Å². The topological polar surface area (TPSA) is 17.1 Å². The lowest BCUT2D eigenvalue weighted by molar-refractivity contribution is 0.112. The van der Waals surface area contributed by atoms with Gasteiger partial charge in [0.2, 0.25) is 0 Å². The molecular weight excluding hydrogens is 328 g/mol. The molecule has 0 N–H and O–H groups in total. The van der Waals surface area contributed by atoms with Gasteiger partial charge in [0.1, 0.15) is 6.29 Å². The van der Waals surface area contributed by atoms with Crippen molar-refractivity contribution in [3.05, 3.63) is 106 Å². The first-order valence-corrected chi connectivity index (χ1v) is 9.71. The highest BCUT2D eigenvalue weighted by Crippen LogP contribution is 2.27. The molecule has 0 fully saturated rings. The molecular formula is C26H28O. The molecule has 3 aromatic rings. The largest absolute Gasteiger partial charge is 0.298 e. The molecule has 0 amide bonds. The lowest BCUT2D eigenvalue weighted by atomic mass is 9.82. The lowest BCUT2D eigenvalue weighted by Crippen LogP contribution is -2.15. The Morgan fingerprint density at radius 3 is 1.41 bits per heavy atom. The van der Waals surface area contributed by atoms with Crippen LogP contribution in [-0.4, -0.2) is 6.29 Å². The Labute approximate surface area is 163 Å². The van der Waals surface area contributed by atoms with E-state index in [1.54, 1.807) is 0 Å². The van der Waals surface area contributed by atoms with Crippen LogP contribution in [-0.2, 0) is 18.3 Å². The minimum atomic E-state index is 0.240. The molecule has 0 atom stereocenters. The summed E-state index contributed by atoms with van der Waals surface area (Å²) in [5, 5.41) is 0. The Balaban J connectivity index is 1.64. The van der Waals surface area contributed by atoms with Gasteiger partial charge in [0.25, 0.3) is 0 Å². The van der Waals surface area contributed by atoms with Crippen LogP contribution in [0.25, 0.3) is 0 Å². The zero-order valence-electron chi connectivity index (χ0n) is 16.5. The van der Waals surface area contributed by atoms with E-state index >= 15 is 0 Å². The van der Waals surface area contributed by atoms with E-state index in [1.165, 1.54) is 27.8 Å². The van der Waals surface area contributed by atoms with Crippen LogP contribution < -0.4 is 0 Å².